The molecule has 0 aromatic heterocycles. The van der Waals surface area contributed by atoms with E-state index in [1.165, 1.54) is 0 Å². The number of halogens is 1. The summed E-state index contributed by atoms with van der Waals surface area (Å²) in [6.07, 6.45) is 0. The zero-order chi connectivity index (χ0) is 13.8. The maximum atomic E-state index is 11.8. The molecule has 0 heterocycles. The Morgan fingerprint density at radius 1 is 1.16 bits per heavy atom. The van der Waals surface area contributed by atoms with Gasteiger partial charge in [0.2, 0.25) is 0 Å². The van der Waals surface area contributed by atoms with Crippen LogP contribution in [0.4, 0.5) is 21.9 Å². The molecule has 2 aromatic rings. The molecule has 2 amide bonds. The Bertz CT molecular complexity index is 613. The molecule has 0 saturated carbocycles. The average Bonchev–Trinajstić information content (AvgIpc) is 2.33. The highest BCUT2D eigenvalue weighted by molar-refractivity contribution is 9.10. The average molecular weight is 320 g/mol. The number of hydrogen-bond acceptors (Lipinski definition) is 2. The van der Waals surface area contributed by atoms with E-state index < -0.39 is 0 Å². The molecule has 0 aliphatic carbocycles. The SMILES string of the molecule is Cc1cccc(NC(=O)Nc2ccc(Br)cc2N)c1. The van der Waals surface area contributed by atoms with E-state index in [-0.39, 0.29) is 6.03 Å². The normalized spacial score (nSPS) is 10.0. The molecule has 0 aliphatic heterocycles. The first kappa shape index (κ1) is 13.4. The number of carbonyl (C=O) groups excluding carboxylic acids is 1. The van der Waals surface area contributed by atoms with Crippen LogP contribution >= 0.6 is 15.9 Å². The van der Waals surface area contributed by atoms with Crippen LogP contribution in [0.2, 0.25) is 0 Å². The van der Waals surface area contributed by atoms with Gasteiger partial charge >= 0.3 is 6.03 Å². The Hall–Kier alpha value is -2.01. The quantitative estimate of drug-likeness (QED) is 0.733. The van der Waals surface area contributed by atoms with Gasteiger partial charge in [0.05, 0.1) is 11.4 Å². The lowest BCUT2D eigenvalue weighted by atomic mass is 10.2. The van der Waals surface area contributed by atoms with E-state index in [0.29, 0.717) is 11.4 Å². The molecule has 19 heavy (non-hydrogen) atoms. The van der Waals surface area contributed by atoms with E-state index >= 15 is 0 Å². The van der Waals surface area contributed by atoms with E-state index in [0.717, 1.165) is 15.7 Å². The van der Waals surface area contributed by atoms with Crippen molar-refractivity contribution >= 4 is 39.0 Å². The van der Waals surface area contributed by atoms with Crippen LogP contribution in [0.5, 0.6) is 0 Å². The predicted molar refractivity (Wildman–Crippen MR) is 82.4 cm³/mol. The molecule has 98 valence electrons. The van der Waals surface area contributed by atoms with Gasteiger partial charge in [0.1, 0.15) is 0 Å². The molecule has 0 saturated heterocycles. The first-order valence-corrected chi connectivity index (χ1v) is 6.53. The number of hydrogen-bond donors (Lipinski definition) is 3. The molecular formula is C14H14BrN3O. The second-order valence-electron chi connectivity index (χ2n) is 4.18. The number of benzene rings is 2. The third-order valence-corrected chi connectivity index (χ3v) is 3.03. The maximum Gasteiger partial charge on any atom is 0.323 e. The van der Waals surface area contributed by atoms with Crippen molar-refractivity contribution in [1.29, 1.82) is 0 Å². The second kappa shape index (κ2) is 5.75. The first-order valence-electron chi connectivity index (χ1n) is 5.74. The van der Waals surface area contributed by atoms with Gasteiger partial charge in [0, 0.05) is 10.2 Å². The van der Waals surface area contributed by atoms with Gasteiger partial charge in [-0.25, -0.2) is 4.79 Å². The van der Waals surface area contributed by atoms with E-state index in [2.05, 4.69) is 26.6 Å². The zero-order valence-electron chi connectivity index (χ0n) is 10.4. The Morgan fingerprint density at radius 3 is 2.63 bits per heavy atom. The minimum Gasteiger partial charge on any atom is -0.397 e. The summed E-state index contributed by atoms with van der Waals surface area (Å²) in [6, 6.07) is 12.6. The van der Waals surface area contributed by atoms with Crippen LogP contribution in [-0.4, -0.2) is 6.03 Å². The van der Waals surface area contributed by atoms with E-state index in [1.54, 1.807) is 12.1 Å². The molecule has 0 spiro atoms. The lowest BCUT2D eigenvalue weighted by molar-refractivity contribution is 0.262. The fourth-order valence-electron chi connectivity index (χ4n) is 1.65. The summed E-state index contributed by atoms with van der Waals surface area (Å²) in [5.41, 5.74) is 8.73. The van der Waals surface area contributed by atoms with Crippen LogP contribution in [0.1, 0.15) is 5.56 Å². The van der Waals surface area contributed by atoms with Crippen molar-refractivity contribution in [2.75, 3.05) is 16.4 Å². The molecule has 2 aromatic carbocycles. The van der Waals surface area contributed by atoms with Crippen LogP contribution in [0.15, 0.2) is 46.9 Å². The van der Waals surface area contributed by atoms with E-state index in [4.69, 9.17) is 5.73 Å². The van der Waals surface area contributed by atoms with Gasteiger partial charge in [-0.1, -0.05) is 28.1 Å². The van der Waals surface area contributed by atoms with Crippen LogP contribution in [-0.2, 0) is 0 Å². The number of nitrogen functional groups attached to an aromatic ring is 1. The van der Waals surface area contributed by atoms with Gasteiger partial charge < -0.3 is 16.4 Å². The van der Waals surface area contributed by atoms with Gasteiger partial charge in [-0.05, 0) is 42.8 Å². The summed E-state index contributed by atoms with van der Waals surface area (Å²) >= 11 is 3.32. The highest BCUT2D eigenvalue weighted by Gasteiger charge is 2.05. The number of rotatable bonds is 2. The summed E-state index contributed by atoms with van der Waals surface area (Å²) in [6.45, 7) is 1.97. The lowest BCUT2D eigenvalue weighted by Gasteiger charge is -2.10. The van der Waals surface area contributed by atoms with Crippen molar-refractivity contribution in [3.8, 4) is 0 Å². The minimum absolute atomic E-state index is 0.320. The highest BCUT2D eigenvalue weighted by Crippen LogP contribution is 2.23. The van der Waals surface area contributed by atoms with Gasteiger partial charge in [-0.3, -0.25) is 0 Å². The molecule has 4 nitrogen and oxygen atoms in total. The second-order valence-corrected chi connectivity index (χ2v) is 5.10. The van der Waals surface area contributed by atoms with Gasteiger partial charge in [0.15, 0.2) is 0 Å². The monoisotopic (exact) mass is 319 g/mol. The standard InChI is InChI=1S/C14H14BrN3O/c1-9-3-2-4-11(7-9)17-14(19)18-13-6-5-10(15)8-12(13)16/h2-8H,16H2,1H3,(H2,17,18,19). The summed E-state index contributed by atoms with van der Waals surface area (Å²) in [7, 11) is 0. The number of urea groups is 1. The van der Waals surface area contributed by atoms with Crippen molar-refractivity contribution in [2.24, 2.45) is 0 Å². The van der Waals surface area contributed by atoms with Crippen LogP contribution in [0.3, 0.4) is 0 Å². The maximum absolute atomic E-state index is 11.8. The lowest BCUT2D eigenvalue weighted by Crippen LogP contribution is -2.20. The molecular weight excluding hydrogens is 306 g/mol. The third kappa shape index (κ3) is 3.72. The number of amides is 2. The number of aryl methyl sites for hydroxylation is 1. The minimum atomic E-state index is -0.320. The van der Waals surface area contributed by atoms with Crippen molar-refractivity contribution < 1.29 is 4.79 Å². The third-order valence-electron chi connectivity index (χ3n) is 2.54. The Morgan fingerprint density at radius 2 is 1.95 bits per heavy atom. The Labute approximate surface area is 120 Å². The molecule has 0 atom stereocenters. The van der Waals surface area contributed by atoms with Gasteiger partial charge in [-0.2, -0.15) is 0 Å². The number of nitrogens with one attached hydrogen (secondary N) is 2. The first-order chi connectivity index (χ1) is 9.04. The topological polar surface area (TPSA) is 67.2 Å². The summed E-state index contributed by atoms with van der Waals surface area (Å²) < 4.78 is 0.870. The van der Waals surface area contributed by atoms with Gasteiger partial charge in [0.25, 0.3) is 0 Å². The number of carbonyl (C=O) groups is 1. The molecule has 0 fully saturated rings. The highest BCUT2D eigenvalue weighted by atomic mass is 79.9. The van der Waals surface area contributed by atoms with Crippen molar-refractivity contribution in [3.63, 3.8) is 0 Å². The largest absolute Gasteiger partial charge is 0.397 e. The molecule has 4 N–H and O–H groups in total. The van der Waals surface area contributed by atoms with Gasteiger partial charge in [-0.15, -0.1) is 0 Å². The van der Waals surface area contributed by atoms with Crippen molar-refractivity contribution in [1.82, 2.24) is 0 Å². The molecule has 0 bridgehead atoms. The number of nitrogens with two attached hydrogens (primary N) is 1. The van der Waals surface area contributed by atoms with Crippen LogP contribution < -0.4 is 16.4 Å². The molecule has 5 heteroatoms. The van der Waals surface area contributed by atoms with E-state index in [9.17, 15) is 4.79 Å². The number of anilines is 3. The molecule has 0 unspecified atom stereocenters. The predicted octanol–water partition coefficient (Wildman–Crippen LogP) is 3.98. The van der Waals surface area contributed by atoms with E-state index in [1.807, 2.05) is 37.3 Å². The molecule has 0 radical (unpaired) electrons. The van der Waals surface area contributed by atoms with Crippen molar-refractivity contribution in [3.05, 3.63) is 52.5 Å². The summed E-state index contributed by atoms with van der Waals surface area (Å²) in [5, 5.41) is 5.47. The Balaban J connectivity index is 2.05. The van der Waals surface area contributed by atoms with Crippen LogP contribution in [0.25, 0.3) is 0 Å². The molecule has 2 rings (SSSR count). The smallest absolute Gasteiger partial charge is 0.323 e. The fourth-order valence-corrected chi connectivity index (χ4v) is 2.03. The zero-order valence-corrected chi connectivity index (χ0v) is 12.0. The fraction of sp³-hybridized carbons (Fsp3) is 0.0714. The molecule has 0 aliphatic rings. The van der Waals surface area contributed by atoms with Crippen molar-refractivity contribution in [2.45, 2.75) is 6.92 Å². The summed E-state index contributed by atoms with van der Waals surface area (Å²) in [5.74, 6) is 0. The Kier molecular flexibility index (Phi) is 4.06. The summed E-state index contributed by atoms with van der Waals surface area (Å²) in [4.78, 5) is 11.8. The van der Waals surface area contributed by atoms with Crippen LogP contribution in [0, 0.1) is 6.92 Å².